The smallest absolute Gasteiger partial charge is 0.744 e. The Morgan fingerprint density at radius 1 is 0.750 bits per heavy atom. The van der Waals surface area contributed by atoms with Gasteiger partial charge in [0.1, 0.15) is 10.1 Å². The van der Waals surface area contributed by atoms with Crippen molar-refractivity contribution >= 4 is 20.9 Å². The molecule has 0 heterocycles. The molecular formula is C19H25NaO3S. The summed E-state index contributed by atoms with van der Waals surface area (Å²) in [6.45, 7) is 12.3. The van der Waals surface area contributed by atoms with Gasteiger partial charge in [-0.15, -0.1) is 0 Å². The van der Waals surface area contributed by atoms with Crippen molar-refractivity contribution in [2.75, 3.05) is 0 Å². The molecule has 0 aliphatic carbocycles. The van der Waals surface area contributed by atoms with Crippen molar-refractivity contribution in [1.82, 2.24) is 0 Å². The van der Waals surface area contributed by atoms with Gasteiger partial charge in [0.25, 0.3) is 0 Å². The SMILES string of the molecule is CC(C)c1c(C(C)C)c(S(=O)(=O)[O-])c2ccccc2c1C(C)C.[Na+]. The molecule has 0 radical (unpaired) electrons. The van der Waals surface area contributed by atoms with Crippen LogP contribution in [0.4, 0.5) is 0 Å². The average molecular weight is 356 g/mol. The molecule has 5 heteroatoms. The van der Waals surface area contributed by atoms with Crippen LogP contribution >= 0.6 is 0 Å². The zero-order valence-electron chi connectivity index (χ0n) is 15.7. The van der Waals surface area contributed by atoms with Gasteiger partial charge in [0.2, 0.25) is 0 Å². The van der Waals surface area contributed by atoms with E-state index in [0.29, 0.717) is 10.9 Å². The molecule has 3 nitrogen and oxygen atoms in total. The summed E-state index contributed by atoms with van der Waals surface area (Å²) in [6.07, 6.45) is 0. The third-order valence-corrected chi connectivity index (χ3v) is 5.21. The number of benzene rings is 2. The summed E-state index contributed by atoms with van der Waals surface area (Å²) < 4.78 is 36.2. The molecule has 0 aromatic heterocycles. The first-order chi connectivity index (χ1) is 10.6. The predicted molar refractivity (Wildman–Crippen MR) is 94.2 cm³/mol. The Morgan fingerprint density at radius 2 is 1.17 bits per heavy atom. The summed E-state index contributed by atoms with van der Waals surface area (Å²) in [6, 6.07) is 7.37. The minimum atomic E-state index is -4.55. The van der Waals surface area contributed by atoms with E-state index in [1.807, 2.05) is 26.0 Å². The first kappa shape index (κ1) is 21.7. The predicted octanol–water partition coefficient (Wildman–Crippen LogP) is 2.12. The topological polar surface area (TPSA) is 57.2 Å². The van der Waals surface area contributed by atoms with Crippen LogP contribution in [0.15, 0.2) is 29.2 Å². The van der Waals surface area contributed by atoms with Crippen LogP contribution in [0.1, 0.15) is 76.0 Å². The minimum absolute atomic E-state index is 0. The van der Waals surface area contributed by atoms with Gasteiger partial charge >= 0.3 is 29.6 Å². The molecule has 0 N–H and O–H groups in total. The fourth-order valence-corrected chi connectivity index (χ4v) is 4.62. The summed E-state index contributed by atoms with van der Waals surface area (Å²) in [5, 5.41) is 1.43. The van der Waals surface area contributed by atoms with Gasteiger partial charge in [-0.3, -0.25) is 0 Å². The molecule has 2 aromatic rings. The molecule has 2 rings (SSSR count). The van der Waals surface area contributed by atoms with Gasteiger partial charge in [-0.1, -0.05) is 65.8 Å². The van der Waals surface area contributed by atoms with Gasteiger partial charge in [0, 0.05) is 0 Å². The van der Waals surface area contributed by atoms with Crippen molar-refractivity contribution in [3.05, 3.63) is 41.0 Å². The van der Waals surface area contributed by atoms with Crippen molar-refractivity contribution in [3.8, 4) is 0 Å². The van der Waals surface area contributed by atoms with Crippen LogP contribution in [-0.2, 0) is 10.1 Å². The van der Waals surface area contributed by atoms with E-state index in [2.05, 4.69) is 27.7 Å². The molecule has 126 valence electrons. The third kappa shape index (κ3) is 3.88. The van der Waals surface area contributed by atoms with E-state index in [1.54, 1.807) is 12.1 Å². The van der Waals surface area contributed by atoms with Crippen molar-refractivity contribution in [2.45, 2.75) is 64.2 Å². The molecule has 0 bridgehead atoms. The number of fused-ring (bicyclic) bond motifs is 1. The van der Waals surface area contributed by atoms with Gasteiger partial charge < -0.3 is 4.55 Å². The fraction of sp³-hybridized carbons (Fsp3) is 0.474. The molecule has 0 unspecified atom stereocenters. The summed E-state index contributed by atoms with van der Waals surface area (Å²) in [7, 11) is -4.55. The molecular weight excluding hydrogens is 331 g/mol. The van der Waals surface area contributed by atoms with E-state index in [1.165, 1.54) is 0 Å². The van der Waals surface area contributed by atoms with Crippen LogP contribution < -0.4 is 29.6 Å². The quantitative estimate of drug-likeness (QED) is 0.623. The van der Waals surface area contributed by atoms with Crippen molar-refractivity contribution in [2.24, 2.45) is 0 Å². The van der Waals surface area contributed by atoms with Gasteiger partial charge in [-0.05, 0) is 45.2 Å². The maximum Gasteiger partial charge on any atom is 1.00 e. The Bertz CT molecular complexity index is 837. The van der Waals surface area contributed by atoms with Gasteiger partial charge in [-0.2, -0.15) is 0 Å². The number of hydrogen-bond donors (Lipinski definition) is 0. The molecule has 24 heavy (non-hydrogen) atoms. The van der Waals surface area contributed by atoms with Crippen LogP contribution in [0, 0.1) is 0 Å². The normalized spacial score (nSPS) is 12.2. The Balaban J connectivity index is 0.00000288. The van der Waals surface area contributed by atoms with Crippen LogP contribution in [0.5, 0.6) is 0 Å². The molecule has 0 saturated carbocycles. The molecule has 0 aliphatic heterocycles. The standard InChI is InChI=1S/C19H26O3S.Na/c1-11(2)16-14-9-7-8-10-15(14)19(23(20,21)22)18(13(5)6)17(16)12(3)4;/h7-13H,1-6H3,(H,20,21,22);/q;+1/p-1. The molecule has 0 spiro atoms. The molecule has 0 atom stereocenters. The van der Waals surface area contributed by atoms with Crippen molar-refractivity contribution in [3.63, 3.8) is 0 Å². The Kier molecular flexibility index (Phi) is 7.11. The second-order valence-corrected chi connectivity index (χ2v) is 8.35. The maximum atomic E-state index is 12.1. The van der Waals surface area contributed by atoms with Crippen LogP contribution in [0.25, 0.3) is 10.8 Å². The molecule has 0 saturated heterocycles. The largest absolute Gasteiger partial charge is 1.00 e. The zero-order chi connectivity index (χ0) is 17.5. The first-order valence-electron chi connectivity index (χ1n) is 8.11. The van der Waals surface area contributed by atoms with Gasteiger partial charge in [-0.25, -0.2) is 8.42 Å². The number of rotatable bonds is 4. The minimum Gasteiger partial charge on any atom is -0.744 e. The fourth-order valence-electron chi connectivity index (χ4n) is 3.56. The van der Waals surface area contributed by atoms with E-state index in [4.69, 9.17) is 0 Å². The Hall–Kier alpha value is -0.390. The summed E-state index contributed by atoms with van der Waals surface area (Å²) in [5.41, 5.74) is 2.87. The summed E-state index contributed by atoms with van der Waals surface area (Å²) in [5.74, 6) is 0.362. The second-order valence-electron chi connectivity index (χ2n) is 7.03. The number of hydrogen-bond acceptors (Lipinski definition) is 3. The molecule has 0 fully saturated rings. The van der Waals surface area contributed by atoms with E-state index in [9.17, 15) is 13.0 Å². The Labute approximate surface area is 167 Å². The van der Waals surface area contributed by atoms with E-state index >= 15 is 0 Å². The summed E-state index contributed by atoms with van der Waals surface area (Å²) in [4.78, 5) is -0.0313. The van der Waals surface area contributed by atoms with Crippen molar-refractivity contribution in [1.29, 1.82) is 0 Å². The first-order valence-corrected chi connectivity index (χ1v) is 9.52. The van der Waals surface area contributed by atoms with Gasteiger partial charge in [0.15, 0.2) is 0 Å². The molecule has 0 amide bonds. The van der Waals surface area contributed by atoms with Crippen molar-refractivity contribution < 1.29 is 42.5 Å². The van der Waals surface area contributed by atoms with Crippen LogP contribution in [-0.4, -0.2) is 13.0 Å². The monoisotopic (exact) mass is 356 g/mol. The Morgan fingerprint density at radius 3 is 1.54 bits per heavy atom. The zero-order valence-corrected chi connectivity index (χ0v) is 18.5. The summed E-state index contributed by atoms with van der Waals surface area (Å²) >= 11 is 0. The van der Waals surface area contributed by atoms with E-state index in [0.717, 1.165) is 16.5 Å². The maximum absolute atomic E-state index is 12.1. The van der Waals surface area contributed by atoms with Gasteiger partial charge in [0.05, 0.1) is 4.90 Å². The second kappa shape index (κ2) is 7.88. The third-order valence-electron chi connectivity index (χ3n) is 4.27. The van der Waals surface area contributed by atoms with Crippen LogP contribution in [0.3, 0.4) is 0 Å². The van der Waals surface area contributed by atoms with E-state index in [-0.39, 0.29) is 52.2 Å². The van der Waals surface area contributed by atoms with E-state index < -0.39 is 10.1 Å². The molecule has 0 aliphatic rings. The molecule has 2 aromatic carbocycles. The average Bonchev–Trinajstić information content (AvgIpc) is 2.42. The van der Waals surface area contributed by atoms with Crippen LogP contribution in [0.2, 0.25) is 0 Å².